The van der Waals surface area contributed by atoms with Crippen LogP contribution in [0, 0.1) is 12.7 Å². The smallest absolute Gasteiger partial charge is 0.744 e. The van der Waals surface area contributed by atoms with E-state index in [9.17, 15) is 22.2 Å². The molecule has 9 heteroatoms. The zero-order valence-corrected chi connectivity index (χ0v) is 19.3. The first kappa shape index (κ1) is 23.6. The Balaban J connectivity index is 0.00000300. The molecular formula is C20H19FNNaO5S. The molecule has 0 spiro atoms. The predicted octanol–water partition coefficient (Wildman–Crippen LogP) is 0.151. The summed E-state index contributed by atoms with van der Waals surface area (Å²) in [6.07, 6.45) is 0.110. The van der Waals surface area contributed by atoms with Gasteiger partial charge in [-0.2, -0.15) is 0 Å². The molecule has 0 saturated heterocycles. The standard InChI is InChI=1S/C20H20FNO5S.Na/c1-3-27-20(23)12-22-13(2)16(17-11-15(21)8-9-18(17)22)10-14-6-4-5-7-19(14)28(24,25)26;/h4-9,11H,3,10,12H2,1-2H3,(H,24,25,26);/q;+1/p-1. The Morgan fingerprint density at radius 3 is 2.55 bits per heavy atom. The molecule has 1 heterocycles. The van der Waals surface area contributed by atoms with Gasteiger partial charge in [-0.3, -0.25) is 4.79 Å². The molecule has 0 atom stereocenters. The summed E-state index contributed by atoms with van der Waals surface area (Å²) in [5.74, 6) is -0.882. The normalized spacial score (nSPS) is 11.3. The van der Waals surface area contributed by atoms with Crippen LogP contribution in [0.1, 0.15) is 23.7 Å². The number of halogens is 1. The first-order valence-corrected chi connectivity index (χ1v) is 10.1. The maximum absolute atomic E-state index is 13.9. The van der Waals surface area contributed by atoms with Gasteiger partial charge in [0, 0.05) is 23.0 Å². The third-order valence-electron chi connectivity index (χ3n) is 4.62. The molecule has 0 unspecified atom stereocenters. The fraction of sp³-hybridized carbons (Fsp3) is 0.250. The number of carbonyl (C=O) groups excluding carboxylic acids is 1. The SMILES string of the molecule is CCOC(=O)Cn1c(C)c(Cc2ccccc2S(=O)(=O)[O-])c2cc(F)ccc21.[Na+]. The molecular weight excluding hydrogens is 408 g/mol. The van der Waals surface area contributed by atoms with E-state index in [1.54, 1.807) is 36.6 Å². The number of carbonyl (C=O) groups is 1. The predicted molar refractivity (Wildman–Crippen MR) is 100 cm³/mol. The van der Waals surface area contributed by atoms with Gasteiger partial charge in [-0.15, -0.1) is 0 Å². The summed E-state index contributed by atoms with van der Waals surface area (Å²) in [4.78, 5) is 11.7. The zero-order chi connectivity index (χ0) is 20.5. The van der Waals surface area contributed by atoms with E-state index in [4.69, 9.17) is 4.74 Å². The number of nitrogens with zero attached hydrogens (tertiary/aromatic N) is 1. The van der Waals surface area contributed by atoms with Gasteiger partial charge in [0.2, 0.25) is 0 Å². The molecule has 0 aliphatic carbocycles. The summed E-state index contributed by atoms with van der Waals surface area (Å²) in [6, 6.07) is 10.1. The van der Waals surface area contributed by atoms with Crippen molar-refractivity contribution in [2.24, 2.45) is 0 Å². The summed E-state index contributed by atoms with van der Waals surface area (Å²) < 4.78 is 55.4. The number of aromatic nitrogens is 1. The Kier molecular flexibility index (Phi) is 7.64. The molecule has 6 nitrogen and oxygen atoms in total. The Hall–Kier alpha value is -1.71. The van der Waals surface area contributed by atoms with Gasteiger partial charge in [0.25, 0.3) is 0 Å². The Labute approximate surface area is 190 Å². The van der Waals surface area contributed by atoms with Crippen LogP contribution in [0.25, 0.3) is 10.9 Å². The summed E-state index contributed by atoms with van der Waals surface area (Å²) in [6.45, 7) is 3.66. The van der Waals surface area contributed by atoms with Crippen LogP contribution in [0.15, 0.2) is 47.4 Å². The molecule has 3 rings (SSSR count). The fourth-order valence-electron chi connectivity index (χ4n) is 3.37. The van der Waals surface area contributed by atoms with E-state index in [0.717, 1.165) is 0 Å². The van der Waals surface area contributed by atoms with E-state index in [-0.39, 0.29) is 54.0 Å². The number of esters is 1. The number of ether oxygens (including phenoxy) is 1. The van der Waals surface area contributed by atoms with E-state index < -0.39 is 21.9 Å². The molecule has 0 aliphatic rings. The first-order valence-electron chi connectivity index (χ1n) is 8.69. The van der Waals surface area contributed by atoms with E-state index >= 15 is 0 Å². The van der Waals surface area contributed by atoms with Crippen molar-refractivity contribution in [1.29, 1.82) is 0 Å². The molecule has 0 bridgehead atoms. The van der Waals surface area contributed by atoms with Crippen molar-refractivity contribution < 1.29 is 56.4 Å². The van der Waals surface area contributed by atoms with Crippen LogP contribution in [0.2, 0.25) is 0 Å². The maximum Gasteiger partial charge on any atom is 1.00 e. The zero-order valence-electron chi connectivity index (χ0n) is 16.4. The molecule has 0 radical (unpaired) electrons. The van der Waals surface area contributed by atoms with Crippen molar-refractivity contribution in [1.82, 2.24) is 4.57 Å². The summed E-state index contributed by atoms with van der Waals surface area (Å²) in [5.41, 5.74) is 2.27. The number of hydrogen-bond acceptors (Lipinski definition) is 5. The van der Waals surface area contributed by atoms with Crippen LogP contribution >= 0.6 is 0 Å². The van der Waals surface area contributed by atoms with Crippen LogP contribution in [0.3, 0.4) is 0 Å². The molecule has 0 amide bonds. The molecule has 0 saturated carbocycles. The van der Waals surface area contributed by atoms with E-state index in [2.05, 4.69) is 0 Å². The number of rotatable bonds is 6. The van der Waals surface area contributed by atoms with Crippen molar-refractivity contribution in [2.75, 3.05) is 6.61 Å². The van der Waals surface area contributed by atoms with Gasteiger partial charge in [0.1, 0.15) is 22.5 Å². The van der Waals surface area contributed by atoms with E-state index in [1.165, 1.54) is 24.3 Å². The van der Waals surface area contributed by atoms with Crippen molar-refractivity contribution >= 4 is 27.0 Å². The largest absolute Gasteiger partial charge is 1.00 e. The van der Waals surface area contributed by atoms with E-state index in [1.807, 2.05) is 0 Å². The third kappa shape index (κ3) is 5.07. The van der Waals surface area contributed by atoms with Crippen LogP contribution in [-0.2, 0) is 32.6 Å². The van der Waals surface area contributed by atoms with Crippen LogP contribution in [0.5, 0.6) is 0 Å². The Morgan fingerprint density at radius 2 is 1.90 bits per heavy atom. The third-order valence-corrected chi connectivity index (χ3v) is 5.55. The maximum atomic E-state index is 13.9. The van der Waals surface area contributed by atoms with Gasteiger partial charge in [-0.1, -0.05) is 18.2 Å². The Morgan fingerprint density at radius 1 is 1.21 bits per heavy atom. The van der Waals surface area contributed by atoms with Gasteiger partial charge in [-0.05, 0) is 49.2 Å². The molecule has 29 heavy (non-hydrogen) atoms. The minimum Gasteiger partial charge on any atom is -0.744 e. The molecule has 0 N–H and O–H groups in total. The van der Waals surface area contributed by atoms with Gasteiger partial charge in [0.15, 0.2) is 0 Å². The first-order chi connectivity index (χ1) is 13.2. The second kappa shape index (κ2) is 9.40. The minimum absolute atomic E-state index is 0. The average Bonchev–Trinajstić information content (AvgIpc) is 2.87. The van der Waals surface area contributed by atoms with Crippen molar-refractivity contribution in [3.05, 3.63) is 65.1 Å². The van der Waals surface area contributed by atoms with Gasteiger partial charge in [0.05, 0.1) is 11.5 Å². The van der Waals surface area contributed by atoms with Crippen LogP contribution in [-0.4, -0.2) is 30.1 Å². The Bertz CT molecular complexity index is 1160. The fourth-order valence-corrected chi connectivity index (χ4v) is 4.08. The molecule has 148 valence electrons. The van der Waals surface area contributed by atoms with Gasteiger partial charge in [-0.25, -0.2) is 12.8 Å². The number of hydrogen-bond donors (Lipinski definition) is 0. The molecule has 0 fully saturated rings. The van der Waals surface area contributed by atoms with Gasteiger partial charge >= 0.3 is 35.5 Å². The quantitative estimate of drug-likeness (QED) is 0.318. The van der Waals surface area contributed by atoms with Gasteiger partial charge < -0.3 is 13.9 Å². The second-order valence-electron chi connectivity index (χ2n) is 6.36. The number of benzene rings is 2. The monoisotopic (exact) mass is 427 g/mol. The second-order valence-corrected chi connectivity index (χ2v) is 7.70. The molecule has 3 aromatic rings. The summed E-state index contributed by atoms with van der Waals surface area (Å²) in [5, 5.41) is 0.555. The number of fused-ring (bicyclic) bond motifs is 1. The van der Waals surface area contributed by atoms with Crippen LogP contribution < -0.4 is 29.6 Å². The van der Waals surface area contributed by atoms with Crippen molar-refractivity contribution in [2.45, 2.75) is 31.7 Å². The minimum atomic E-state index is -4.65. The molecule has 2 aromatic carbocycles. The van der Waals surface area contributed by atoms with Crippen molar-refractivity contribution in [3.63, 3.8) is 0 Å². The van der Waals surface area contributed by atoms with E-state index in [0.29, 0.717) is 27.7 Å². The summed E-state index contributed by atoms with van der Waals surface area (Å²) >= 11 is 0. The van der Waals surface area contributed by atoms with Crippen LogP contribution in [0.4, 0.5) is 4.39 Å². The summed E-state index contributed by atoms with van der Waals surface area (Å²) in [7, 11) is -4.65. The topological polar surface area (TPSA) is 88.4 Å². The molecule has 0 aliphatic heterocycles. The van der Waals surface area contributed by atoms with Crippen molar-refractivity contribution in [3.8, 4) is 0 Å². The molecule has 1 aromatic heterocycles. The average molecular weight is 427 g/mol.